The summed E-state index contributed by atoms with van der Waals surface area (Å²) in [5, 5.41) is 13.3. The van der Waals surface area contributed by atoms with Crippen molar-refractivity contribution in [3.63, 3.8) is 0 Å². The van der Waals surface area contributed by atoms with Crippen molar-refractivity contribution in [3.05, 3.63) is 28.8 Å². The molecular formula is C14H14BrN3O3. The summed E-state index contributed by atoms with van der Waals surface area (Å²) in [7, 11) is 0. The Morgan fingerprint density at radius 2 is 2.24 bits per heavy atom. The van der Waals surface area contributed by atoms with E-state index >= 15 is 0 Å². The molecule has 2 aromatic heterocycles. The molecule has 110 valence electrons. The summed E-state index contributed by atoms with van der Waals surface area (Å²) >= 11 is 3.34. The van der Waals surface area contributed by atoms with Gasteiger partial charge in [-0.25, -0.2) is 0 Å². The number of pyridine rings is 1. The Bertz CT molecular complexity index is 673. The van der Waals surface area contributed by atoms with E-state index in [2.05, 4.69) is 31.1 Å². The molecule has 1 fully saturated rings. The van der Waals surface area contributed by atoms with Gasteiger partial charge in [0.2, 0.25) is 11.7 Å². The van der Waals surface area contributed by atoms with Crippen LogP contribution in [0.1, 0.15) is 31.6 Å². The van der Waals surface area contributed by atoms with Crippen LogP contribution in [0.25, 0.3) is 11.4 Å². The lowest BCUT2D eigenvalue weighted by Crippen LogP contribution is -2.17. The minimum absolute atomic E-state index is 0.209. The van der Waals surface area contributed by atoms with Crippen LogP contribution >= 0.6 is 15.9 Å². The second-order valence-corrected chi connectivity index (χ2v) is 6.39. The molecule has 0 aliphatic heterocycles. The Morgan fingerprint density at radius 1 is 1.43 bits per heavy atom. The minimum atomic E-state index is -0.798. The number of carboxylic acids is 1. The highest BCUT2D eigenvalue weighted by Gasteiger charge is 2.41. The summed E-state index contributed by atoms with van der Waals surface area (Å²) in [6.45, 7) is 2.05. The summed E-state index contributed by atoms with van der Waals surface area (Å²) < 4.78 is 6.13. The quantitative estimate of drug-likeness (QED) is 0.913. The molecule has 3 atom stereocenters. The van der Waals surface area contributed by atoms with E-state index in [1.807, 2.05) is 13.0 Å². The van der Waals surface area contributed by atoms with Gasteiger partial charge in [0.15, 0.2) is 0 Å². The van der Waals surface area contributed by atoms with Gasteiger partial charge in [-0.1, -0.05) is 12.1 Å². The van der Waals surface area contributed by atoms with Crippen molar-refractivity contribution >= 4 is 21.9 Å². The number of carboxylic acid groups (broad SMARTS) is 1. The predicted octanol–water partition coefficient (Wildman–Crippen LogP) is 3.11. The molecular weight excluding hydrogens is 338 g/mol. The highest BCUT2D eigenvalue weighted by molar-refractivity contribution is 9.10. The van der Waals surface area contributed by atoms with Crippen molar-refractivity contribution in [2.75, 3.05) is 0 Å². The van der Waals surface area contributed by atoms with Crippen LogP contribution in [0, 0.1) is 11.8 Å². The maximum absolute atomic E-state index is 11.3. The summed E-state index contributed by atoms with van der Waals surface area (Å²) in [5.74, 6) is -0.274. The molecule has 3 rings (SSSR count). The Labute approximate surface area is 129 Å². The zero-order chi connectivity index (χ0) is 15.0. The van der Waals surface area contributed by atoms with Gasteiger partial charge in [-0.3, -0.25) is 9.78 Å². The van der Waals surface area contributed by atoms with Crippen molar-refractivity contribution in [2.24, 2.45) is 11.8 Å². The first-order chi connectivity index (χ1) is 10.0. The van der Waals surface area contributed by atoms with Gasteiger partial charge in [0.1, 0.15) is 0 Å². The topological polar surface area (TPSA) is 89.1 Å². The van der Waals surface area contributed by atoms with E-state index in [0.717, 1.165) is 16.5 Å². The van der Waals surface area contributed by atoms with E-state index < -0.39 is 11.9 Å². The summed E-state index contributed by atoms with van der Waals surface area (Å²) in [6, 6.07) is 1.84. The first kappa shape index (κ1) is 14.2. The zero-order valence-corrected chi connectivity index (χ0v) is 12.9. The van der Waals surface area contributed by atoms with E-state index in [9.17, 15) is 9.90 Å². The second kappa shape index (κ2) is 5.55. The number of nitrogens with zero attached hydrogens (tertiary/aromatic N) is 3. The van der Waals surface area contributed by atoms with Gasteiger partial charge in [-0.05, 0) is 40.8 Å². The molecule has 0 spiro atoms. The fraction of sp³-hybridized carbons (Fsp3) is 0.429. The van der Waals surface area contributed by atoms with Crippen LogP contribution < -0.4 is 0 Å². The van der Waals surface area contributed by atoms with E-state index in [4.69, 9.17) is 4.52 Å². The lowest BCUT2D eigenvalue weighted by molar-refractivity contribution is -0.142. The lowest BCUT2D eigenvalue weighted by atomic mass is 9.96. The molecule has 6 nitrogen and oxygen atoms in total. The molecule has 7 heteroatoms. The van der Waals surface area contributed by atoms with Crippen LogP contribution in [0.3, 0.4) is 0 Å². The van der Waals surface area contributed by atoms with Gasteiger partial charge in [-0.15, -0.1) is 0 Å². The molecule has 0 saturated heterocycles. The smallest absolute Gasteiger partial charge is 0.307 e. The molecule has 0 radical (unpaired) electrons. The monoisotopic (exact) mass is 351 g/mol. The number of hydrogen-bond acceptors (Lipinski definition) is 5. The Morgan fingerprint density at radius 3 is 2.95 bits per heavy atom. The van der Waals surface area contributed by atoms with Gasteiger partial charge in [0, 0.05) is 22.4 Å². The Hall–Kier alpha value is -1.76. The number of carbonyl (C=O) groups is 1. The van der Waals surface area contributed by atoms with Crippen LogP contribution in [0.15, 0.2) is 27.5 Å². The zero-order valence-electron chi connectivity index (χ0n) is 11.4. The van der Waals surface area contributed by atoms with Gasteiger partial charge in [0.05, 0.1) is 11.8 Å². The van der Waals surface area contributed by atoms with Crippen LogP contribution in [0.5, 0.6) is 0 Å². The first-order valence-corrected chi connectivity index (χ1v) is 7.51. The van der Waals surface area contributed by atoms with Gasteiger partial charge < -0.3 is 9.63 Å². The Balaban J connectivity index is 1.89. The molecule has 1 aliphatic rings. The van der Waals surface area contributed by atoms with Crippen molar-refractivity contribution < 1.29 is 14.4 Å². The van der Waals surface area contributed by atoms with Crippen LogP contribution in [-0.2, 0) is 4.79 Å². The lowest BCUT2D eigenvalue weighted by Gasteiger charge is -2.09. The minimum Gasteiger partial charge on any atom is -0.481 e. The molecule has 0 bridgehead atoms. The van der Waals surface area contributed by atoms with Crippen LogP contribution in [-0.4, -0.2) is 26.2 Å². The molecule has 3 unspecified atom stereocenters. The van der Waals surface area contributed by atoms with Crippen LogP contribution in [0.4, 0.5) is 0 Å². The number of rotatable bonds is 3. The molecule has 2 aromatic rings. The van der Waals surface area contributed by atoms with Crippen molar-refractivity contribution in [1.29, 1.82) is 0 Å². The van der Waals surface area contributed by atoms with Gasteiger partial charge >= 0.3 is 5.97 Å². The molecule has 0 amide bonds. The van der Waals surface area contributed by atoms with Gasteiger partial charge in [-0.2, -0.15) is 4.98 Å². The molecule has 1 aliphatic carbocycles. The fourth-order valence-corrected chi connectivity index (χ4v) is 3.24. The number of halogens is 1. The number of aliphatic carboxylic acids is 1. The summed E-state index contributed by atoms with van der Waals surface area (Å²) in [5.41, 5.74) is 0.734. The van der Waals surface area contributed by atoms with Crippen molar-refractivity contribution in [1.82, 2.24) is 15.1 Å². The third-order valence-electron chi connectivity index (χ3n) is 3.84. The van der Waals surface area contributed by atoms with E-state index in [1.165, 1.54) is 0 Å². The van der Waals surface area contributed by atoms with E-state index in [1.54, 1.807) is 12.4 Å². The van der Waals surface area contributed by atoms with E-state index in [0.29, 0.717) is 24.1 Å². The highest BCUT2D eigenvalue weighted by Crippen LogP contribution is 2.42. The Kier molecular flexibility index (Phi) is 3.75. The largest absolute Gasteiger partial charge is 0.481 e. The van der Waals surface area contributed by atoms with Gasteiger partial charge in [0.25, 0.3) is 0 Å². The predicted molar refractivity (Wildman–Crippen MR) is 77.5 cm³/mol. The van der Waals surface area contributed by atoms with E-state index in [-0.39, 0.29) is 5.92 Å². The maximum Gasteiger partial charge on any atom is 0.307 e. The fourth-order valence-electron chi connectivity index (χ4n) is 2.87. The standard InChI is InChI=1S/C14H14BrN3O3/c1-7-2-10(11(3-7)14(19)20)13-17-12(18-21-13)8-4-9(15)6-16-5-8/h4-7,10-11H,2-3H2,1H3,(H,19,20). The first-order valence-electron chi connectivity index (χ1n) is 6.72. The molecule has 21 heavy (non-hydrogen) atoms. The molecule has 0 aromatic carbocycles. The molecule has 1 N–H and O–H groups in total. The third-order valence-corrected chi connectivity index (χ3v) is 4.27. The average molecular weight is 352 g/mol. The average Bonchev–Trinajstić information content (AvgIpc) is 3.04. The normalized spacial score (nSPS) is 25.1. The highest BCUT2D eigenvalue weighted by atomic mass is 79.9. The maximum atomic E-state index is 11.3. The number of hydrogen-bond donors (Lipinski definition) is 1. The van der Waals surface area contributed by atoms with Crippen molar-refractivity contribution in [2.45, 2.75) is 25.7 Å². The summed E-state index contributed by atoms with van der Waals surface area (Å²) in [6.07, 6.45) is 4.72. The van der Waals surface area contributed by atoms with Crippen molar-refractivity contribution in [3.8, 4) is 11.4 Å². The third kappa shape index (κ3) is 2.83. The SMILES string of the molecule is CC1CC(C(=O)O)C(c2nc(-c3cncc(Br)c3)no2)C1. The number of aromatic nitrogens is 3. The van der Waals surface area contributed by atoms with Crippen LogP contribution in [0.2, 0.25) is 0 Å². The molecule has 1 saturated carbocycles. The summed E-state index contributed by atoms with van der Waals surface area (Å²) in [4.78, 5) is 19.8. The second-order valence-electron chi connectivity index (χ2n) is 5.48. The molecule has 2 heterocycles.